The second-order valence-electron chi connectivity index (χ2n) is 4.01. The maximum absolute atomic E-state index is 11.4. The van der Waals surface area contributed by atoms with E-state index in [2.05, 4.69) is 4.98 Å². The van der Waals surface area contributed by atoms with Gasteiger partial charge in [0.05, 0.1) is 11.9 Å². The molecule has 5 nitrogen and oxygen atoms in total. The Balaban J connectivity index is 2.39. The second-order valence-corrected chi connectivity index (χ2v) is 4.45. The van der Waals surface area contributed by atoms with E-state index in [0.29, 0.717) is 4.99 Å². The Labute approximate surface area is 105 Å². The Bertz CT molecular complexity index is 463. The average Bonchev–Trinajstić information content (AvgIpc) is 2.77. The molecule has 0 radical (unpaired) electrons. The quantitative estimate of drug-likeness (QED) is 0.747. The minimum atomic E-state index is -0.319. The number of anilines is 1. The Morgan fingerprint density at radius 1 is 1.53 bits per heavy atom. The van der Waals surface area contributed by atoms with Gasteiger partial charge in [-0.05, 0) is 18.9 Å². The molecule has 6 heteroatoms. The molecule has 2 rings (SSSR count). The minimum absolute atomic E-state index is 0.285. The number of thiocarbonyl (C=S) groups is 1. The van der Waals surface area contributed by atoms with Crippen molar-refractivity contribution in [2.24, 2.45) is 11.5 Å². The van der Waals surface area contributed by atoms with Crippen LogP contribution in [0.25, 0.3) is 0 Å². The van der Waals surface area contributed by atoms with Crippen LogP contribution in [-0.4, -0.2) is 28.5 Å². The summed E-state index contributed by atoms with van der Waals surface area (Å²) in [6, 6.07) is 1.47. The molecule has 1 aliphatic heterocycles. The van der Waals surface area contributed by atoms with Crippen molar-refractivity contribution in [1.29, 1.82) is 0 Å². The predicted octanol–water partition coefficient (Wildman–Crippen LogP) is 0.170. The lowest BCUT2D eigenvalue weighted by Crippen LogP contribution is -2.41. The predicted molar refractivity (Wildman–Crippen MR) is 69.7 cm³/mol. The molecular weight excluding hydrogens is 236 g/mol. The lowest BCUT2D eigenvalue weighted by molar-refractivity contribution is -0.119. The van der Waals surface area contributed by atoms with E-state index >= 15 is 0 Å². The smallest absolute Gasteiger partial charge is 0.240 e. The van der Waals surface area contributed by atoms with Gasteiger partial charge in [0.2, 0.25) is 5.91 Å². The summed E-state index contributed by atoms with van der Waals surface area (Å²) in [4.78, 5) is 17.7. The zero-order valence-corrected chi connectivity index (χ0v) is 10.1. The van der Waals surface area contributed by atoms with Crippen molar-refractivity contribution >= 4 is 28.8 Å². The number of amides is 1. The highest BCUT2D eigenvalue weighted by atomic mass is 32.1. The molecule has 1 saturated heterocycles. The van der Waals surface area contributed by atoms with Crippen LogP contribution in [0.2, 0.25) is 0 Å². The first-order valence-corrected chi connectivity index (χ1v) is 5.82. The largest absolute Gasteiger partial charge is 0.389 e. The van der Waals surface area contributed by atoms with Crippen LogP contribution in [0.5, 0.6) is 0 Å². The van der Waals surface area contributed by atoms with Gasteiger partial charge in [-0.3, -0.25) is 9.78 Å². The number of rotatable bonds is 3. The molecule has 0 aromatic carbocycles. The molecule has 1 amide bonds. The van der Waals surface area contributed by atoms with Crippen molar-refractivity contribution < 1.29 is 4.79 Å². The number of pyridine rings is 1. The summed E-state index contributed by atoms with van der Waals surface area (Å²) in [6.45, 7) is 0.773. The number of primary amides is 1. The van der Waals surface area contributed by atoms with Crippen molar-refractivity contribution in [3.05, 3.63) is 24.0 Å². The summed E-state index contributed by atoms with van der Waals surface area (Å²) >= 11 is 5.00. The fourth-order valence-corrected chi connectivity index (χ4v) is 2.35. The zero-order valence-electron chi connectivity index (χ0n) is 9.30. The normalized spacial score (nSPS) is 19.3. The van der Waals surface area contributed by atoms with E-state index in [0.717, 1.165) is 30.6 Å². The van der Waals surface area contributed by atoms with Gasteiger partial charge >= 0.3 is 0 Å². The Morgan fingerprint density at radius 3 is 2.94 bits per heavy atom. The highest BCUT2D eigenvalue weighted by Gasteiger charge is 2.30. The van der Waals surface area contributed by atoms with E-state index in [9.17, 15) is 4.79 Å². The van der Waals surface area contributed by atoms with E-state index in [1.54, 1.807) is 18.5 Å². The summed E-state index contributed by atoms with van der Waals surface area (Å²) < 4.78 is 0. The molecule has 1 aromatic rings. The first-order valence-electron chi connectivity index (χ1n) is 5.41. The van der Waals surface area contributed by atoms with Gasteiger partial charge in [0.1, 0.15) is 11.0 Å². The minimum Gasteiger partial charge on any atom is -0.389 e. The number of hydrogen-bond donors (Lipinski definition) is 2. The standard InChI is InChI=1S/C11H14N4OS/c12-10(16)8-2-1-5-15(8)9-6-14-4-3-7(9)11(13)17/h3-4,6,8H,1-2,5H2,(H2,12,16)(H2,13,17). The Morgan fingerprint density at radius 2 is 2.29 bits per heavy atom. The van der Waals surface area contributed by atoms with Crippen LogP contribution >= 0.6 is 12.2 Å². The third-order valence-electron chi connectivity index (χ3n) is 2.96. The van der Waals surface area contributed by atoms with Crippen LogP contribution in [0, 0.1) is 0 Å². The van der Waals surface area contributed by atoms with E-state index in [4.69, 9.17) is 23.7 Å². The van der Waals surface area contributed by atoms with Gasteiger partial charge in [-0.2, -0.15) is 0 Å². The third-order valence-corrected chi connectivity index (χ3v) is 3.18. The molecule has 0 saturated carbocycles. The topological polar surface area (TPSA) is 85.2 Å². The van der Waals surface area contributed by atoms with Gasteiger partial charge in [0.25, 0.3) is 0 Å². The number of nitrogens with zero attached hydrogens (tertiary/aromatic N) is 2. The van der Waals surface area contributed by atoms with Crippen molar-refractivity contribution in [2.45, 2.75) is 18.9 Å². The first kappa shape index (κ1) is 11.8. The van der Waals surface area contributed by atoms with Crippen molar-refractivity contribution in [3.8, 4) is 0 Å². The Hall–Kier alpha value is -1.69. The molecule has 17 heavy (non-hydrogen) atoms. The van der Waals surface area contributed by atoms with E-state index < -0.39 is 0 Å². The molecule has 4 N–H and O–H groups in total. The molecule has 1 aliphatic rings. The van der Waals surface area contributed by atoms with Gasteiger partial charge in [-0.1, -0.05) is 12.2 Å². The van der Waals surface area contributed by atoms with E-state index in [1.165, 1.54) is 0 Å². The second kappa shape index (κ2) is 4.67. The lowest BCUT2D eigenvalue weighted by atomic mass is 10.1. The van der Waals surface area contributed by atoms with E-state index in [-0.39, 0.29) is 11.9 Å². The summed E-state index contributed by atoms with van der Waals surface area (Å²) in [5.74, 6) is -0.319. The maximum atomic E-state index is 11.4. The zero-order chi connectivity index (χ0) is 12.4. The van der Waals surface area contributed by atoms with Crippen LogP contribution in [0.3, 0.4) is 0 Å². The van der Waals surface area contributed by atoms with Crippen LogP contribution in [0.1, 0.15) is 18.4 Å². The van der Waals surface area contributed by atoms with Crippen LogP contribution in [0.4, 0.5) is 5.69 Å². The van der Waals surface area contributed by atoms with Crippen LogP contribution in [0.15, 0.2) is 18.5 Å². The molecule has 90 valence electrons. The highest BCUT2D eigenvalue weighted by molar-refractivity contribution is 7.80. The molecule has 1 atom stereocenters. The third kappa shape index (κ3) is 2.21. The van der Waals surface area contributed by atoms with E-state index in [1.807, 2.05) is 4.90 Å². The Kier molecular flexibility index (Phi) is 3.23. The molecule has 0 aliphatic carbocycles. The molecule has 0 bridgehead atoms. The number of carbonyl (C=O) groups is 1. The summed E-state index contributed by atoms with van der Waals surface area (Å²) in [5.41, 5.74) is 12.6. The van der Waals surface area contributed by atoms with Crippen LogP contribution in [-0.2, 0) is 4.79 Å². The fraction of sp³-hybridized carbons (Fsp3) is 0.364. The van der Waals surface area contributed by atoms with Crippen LogP contribution < -0.4 is 16.4 Å². The summed E-state index contributed by atoms with van der Waals surface area (Å²) in [6.07, 6.45) is 5.00. The summed E-state index contributed by atoms with van der Waals surface area (Å²) in [5, 5.41) is 0. The molecule has 1 aromatic heterocycles. The van der Waals surface area contributed by atoms with Gasteiger partial charge in [0.15, 0.2) is 0 Å². The average molecular weight is 250 g/mol. The molecule has 1 fully saturated rings. The van der Waals surface area contributed by atoms with Gasteiger partial charge in [-0.25, -0.2) is 0 Å². The number of aromatic nitrogens is 1. The van der Waals surface area contributed by atoms with Crippen molar-refractivity contribution in [1.82, 2.24) is 4.98 Å². The van der Waals surface area contributed by atoms with Crippen molar-refractivity contribution in [3.63, 3.8) is 0 Å². The molecule has 2 heterocycles. The monoisotopic (exact) mass is 250 g/mol. The van der Waals surface area contributed by atoms with Gasteiger partial charge in [-0.15, -0.1) is 0 Å². The van der Waals surface area contributed by atoms with Gasteiger partial charge in [0, 0.05) is 18.3 Å². The number of nitrogens with two attached hydrogens (primary N) is 2. The van der Waals surface area contributed by atoms with Gasteiger partial charge < -0.3 is 16.4 Å². The fourth-order valence-electron chi connectivity index (χ4n) is 2.17. The summed E-state index contributed by atoms with van der Waals surface area (Å²) in [7, 11) is 0. The SMILES string of the molecule is NC(=O)C1CCCN1c1cnccc1C(N)=S. The molecule has 1 unspecified atom stereocenters. The number of hydrogen-bond acceptors (Lipinski definition) is 4. The molecule has 0 spiro atoms. The number of carbonyl (C=O) groups excluding carboxylic acids is 1. The highest BCUT2D eigenvalue weighted by Crippen LogP contribution is 2.27. The lowest BCUT2D eigenvalue weighted by Gasteiger charge is -2.25. The first-order chi connectivity index (χ1) is 8.11. The molecular formula is C11H14N4OS. The maximum Gasteiger partial charge on any atom is 0.240 e. The van der Waals surface area contributed by atoms with Crippen molar-refractivity contribution in [2.75, 3.05) is 11.4 Å².